The number of amides is 1. The summed E-state index contributed by atoms with van der Waals surface area (Å²) in [5.41, 5.74) is 3.32. The van der Waals surface area contributed by atoms with Crippen LogP contribution in [0.25, 0.3) is 0 Å². The molecule has 1 aromatic carbocycles. The van der Waals surface area contributed by atoms with Gasteiger partial charge in [-0.2, -0.15) is 0 Å². The second-order valence-electron chi connectivity index (χ2n) is 7.75. The van der Waals surface area contributed by atoms with E-state index in [0.717, 1.165) is 50.9 Å². The molecular weight excluding hydrogens is 354 g/mol. The number of nitrogens with zero attached hydrogens (tertiary/aromatic N) is 2. The predicted molar refractivity (Wildman–Crippen MR) is 113 cm³/mol. The zero-order valence-corrected chi connectivity index (χ0v) is 17.7. The molecule has 2 rings (SSSR count). The van der Waals surface area contributed by atoms with Crippen LogP contribution >= 0.6 is 0 Å². The zero-order chi connectivity index (χ0) is 20.7. The zero-order valence-electron chi connectivity index (χ0n) is 17.7. The van der Waals surface area contributed by atoms with Gasteiger partial charge in [-0.3, -0.25) is 19.4 Å². The molecule has 1 amide bonds. The van der Waals surface area contributed by atoms with E-state index in [4.69, 9.17) is 5.11 Å². The molecule has 2 N–H and O–H groups in total. The van der Waals surface area contributed by atoms with Crippen LogP contribution in [0.3, 0.4) is 0 Å². The molecule has 1 aromatic rings. The average Bonchev–Trinajstić information content (AvgIpc) is 2.93. The fraction of sp³-hybridized carbons (Fsp3) is 0.636. The number of aliphatic carboxylic acids is 1. The first-order valence-corrected chi connectivity index (χ1v) is 10.4. The lowest BCUT2D eigenvalue weighted by atomic mass is 10.0. The Morgan fingerprint density at radius 1 is 1.21 bits per heavy atom. The van der Waals surface area contributed by atoms with E-state index in [2.05, 4.69) is 42.3 Å². The quantitative estimate of drug-likeness (QED) is 0.715. The molecule has 1 fully saturated rings. The summed E-state index contributed by atoms with van der Waals surface area (Å²) >= 11 is 0. The van der Waals surface area contributed by atoms with Gasteiger partial charge in [-0.05, 0) is 63.7 Å². The number of nitrogens with one attached hydrogen (secondary N) is 1. The van der Waals surface area contributed by atoms with Crippen molar-refractivity contribution in [2.24, 2.45) is 0 Å². The predicted octanol–water partition coefficient (Wildman–Crippen LogP) is 3.01. The monoisotopic (exact) mass is 389 g/mol. The van der Waals surface area contributed by atoms with E-state index >= 15 is 0 Å². The summed E-state index contributed by atoms with van der Waals surface area (Å²) in [5.74, 6) is -0.759. The Kier molecular flexibility index (Phi) is 8.45. The van der Waals surface area contributed by atoms with Gasteiger partial charge in [0.15, 0.2) is 0 Å². The molecule has 1 saturated heterocycles. The van der Waals surface area contributed by atoms with E-state index < -0.39 is 5.97 Å². The van der Waals surface area contributed by atoms with Gasteiger partial charge < -0.3 is 10.4 Å². The molecule has 1 aliphatic rings. The molecule has 0 aromatic heterocycles. The van der Waals surface area contributed by atoms with Gasteiger partial charge in [0.2, 0.25) is 5.91 Å². The Balaban J connectivity index is 2.01. The maximum absolute atomic E-state index is 13.0. The van der Waals surface area contributed by atoms with Crippen LogP contribution in [-0.2, 0) is 22.4 Å². The number of carbonyl (C=O) groups is 2. The van der Waals surface area contributed by atoms with Gasteiger partial charge in [0.25, 0.3) is 0 Å². The fourth-order valence-corrected chi connectivity index (χ4v) is 4.07. The van der Waals surface area contributed by atoms with Gasteiger partial charge in [0.1, 0.15) is 0 Å². The Hall–Kier alpha value is -1.92. The largest absolute Gasteiger partial charge is 0.480 e. The molecule has 28 heavy (non-hydrogen) atoms. The molecule has 0 spiro atoms. The van der Waals surface area contributed by atoms with E-state index in [0.29, 0.717) is 0 Å². The summed E-state index contributed by atoms with van der Waals surface area (Å²) < 4.78 is 0. The molecular formula is C22H35N3O3. The third kappa shape index (κ3) is 5.79. The van der Waals surface area contributed by atoms with Crippen LogP contribution in [0.5, 0.6) is 0 Å². The maximum atomic E-state index is 13.0. The number of hydrogen-bond donors (Lipinski definition) is 2. The molecule has 1 heterocycles. The van der Waals surface area contributed by atoms with Gasteiger partial charge in [0.05, 0.1) is 12.6 Å². The standard InChI is InChI=1S/C22H35N3O3/c1-5-17-9-7-10-18(6-2)21(17)23-22(28)16(3)25-13-8-11-19(12-14-25)24(4)15-20(26)27/h7,9-10,16,19H,5-6,8,11-15H2,1-4H3,(H,23,28)(H,26,27). The molecule has 0 aliphatic carbocycles. The lowest BCUT2D eigenvalue weighted by Crippen LogP contribution is -2.43. The number of carboxylic acids is 1. The normalized spacial score (nSPS) is 19.2. The molecule has 0 bridgehead atoms. The Morgan fingerprint density at radius 3 is 2.43 bits per heavy atom. The van der Waals surface area contributed by atoms with Crippen LogP contribution in [0, 0.1) is 0 Å². The van der Waals surface area contributed by atoms with Crippen molar-refractivity contribution in [1.29, 1.82) is 0 Å². The Bertz CT molecular complexity index is 655. The summed E-state index contributed by atoms with van der Waals surface area (Å²) in [6.07, 6.45) is 4.59. The van der Waals surface area contributed by atoms with Crippen molar-refractivity contribution < 1.29 is 14.7 Å². The summed E-state index contributed by atoms with van der Waals surface area (Å²) in [5, 5.41) is 12.2. The van der Waals surface area contributed by atoms with Gasteiger partial charge in [-0.1, -0.05) is 32.0 Å². The number of likely N-dealkylation sites (N-methyl/N-ethyl adjacent to an activating group) is 1. The second-order valence-corrected chi connectivity index (χ2v) is 7.75. The van der Waals surface area contributed by atoms with Gasteiger partial charge in [-0.15, -0.1) is 0 Å². The minimum Gasteiger partial charge on any atom is -0.480 e. The van der Waals surface area contributed by atoms with Crippen LogP contribution in [0.4, 0.5) is 5.69 Å². The summed E-state index contributed by atoms with van der Waals surface area (Å²) in [6.45, 7) is 7.92. The smallest absolute Gasteiger partial charge is 0.317 e. The highest BCUT2D eigenvalue weighted by molar-refractivity contribution is 5.96. The van der Waals surface area contributed by atoms with Crippen LogP contribution in [-0.4, -0.2) is 65.5 Å². The maximum Gasteiger partial charge on any atom is 0.317 e. The third-order valence-corrected chi connectivity index (χ3v) is 5.91. The molecule has 1 aliphatic heterocycles. The van der Waals surface area contributed by atoms with Crippen LogP contribution in [0.2, 0.25) is 0 Å². The van der Waals surface area contributed by atoms with Crippen molar-refractivity contribution >= 4 is 17.6 Å². The number of anilines is 1. The van der Waals surface area contributed by atoms with Crippen LogP contribution in [0.1, 0.15) is 51.2 Å². The molecule has 0 radical (unpaired) electrons. The molecule has 6 nitrogen and oxygen atoms in total. The van der Waals surface area contributed by atoms with Gasteiger partial charge in [0, 0.05) is 18.3 Å². The number of likely N-dealkylation sites (tertiary alicyclic amines) is 1. The first-order chi connectivity index (χ1) is 13.4. The summed E-state index contributed by atoms with van der Waals surface area (Å²) in [6, 6.07) is 6.25. The highest BCUT2D eigenvalue weighted by atomic mass is 16.4. The molecule has 156 valence electrons. The molecule has 2 atom stereocenters. The number of hydrogen-bond acceptors (Lipinski definition) is 4. The number of para-hydroxylation sites is 1. The van der Waals surface area contributed by atoms with E-state index in [1.165, 1.54) is 11.1 Å². The minimum atomic E-state index is -0.794. The Morgan fingerprint density at radius 2 is 1.86 bits per heavy atom. The van der Waals surface area contributed by atoms with E-state index in [9.17, 15) is 9.59 Å². The van der Waals surface area contributed by atoms with Crippen molar-refractivity contribution in [3.05, 3.63) is 29.3 Å². The van der Waals surface area contributed by atoms with Crippen molar-refractivity contribution in [2.45, 2.75) is 65.0 Å². The number of carbonyl (C=O) groups excluding carboxylic acids is 1. The van der Waals surface area contributed by atoms with Crippen LogP contribution < -0.4 is 5.32 Å². The van der Waals surface area contributed by atoms with Crippen LogP contribution in [0.15, 0.2) is 18.2 Å². The third-order valence-electron chi connectivity index (χ3n) is 5.91. The fourth-order valence-electron chi connectivity index (χ4n) is 4.07. The van der Waals surface area contributed by atoms with Gasteiger partial charge in [-0.25, -0.2) is 0 Å². The summed E-state index contributed by atoms with van der Waals surface area (Å²) in [4.78, 5) is 28.1. The van der Waals surface area contributed by atoms with E-state index in [1.54, 1.807) is 0 Å². The second kappa shape index (κ2) is 10.6. The van der Waals surface area contributed by atoms with E-state index in [1.807, 2.05) is 18.9 Å². The number of carboxylic acid groups (broad SMARTS) is 1. The first-order valence-electron chi connectivity index (χ1n) is 10.4. The minimum absolute atomic E-state index is 0.0351. The lowest BCUT2D eigenvalue weighted by Gasteiger charge is -2.28. The number of aryl methyl sites for hydroxylation is 2. The van der Waals surface area contributed by atoms with Crippen molar-refractivity contribution in [1.82, 2.24) is 9.80 Å². The highest BCUT2D eigenvalue weighted by Gasteiger charge is 2.27. The molecule has 0 saturated carbocycles. The summed E-state index contributed by atoms with van der Waals surface area (Å²) in [7, 11) is 1.87. The van der Waals surface area contributed by atoms with Crippen molar-refractivity contribution in [3.63, 3.8) is 0 Å². The van der Waals surface area contributed by atoms with E-state index in [-0.39, 0.29) is 24.5 Å². The molecule has 2 unspecified atom stereocenters. The lowest BCUT2D eigenvalue weighted by molar-refractivity contribution is -0.138. The average molecular weight is 390 g/mol. The number of benzene rings is 1. The highest BCUT2D eigenvalue weighted by Crippen LogP contribution is 2.24. The molecule has 6 heteroatoms. The SMILES string of the molecule is CCc1cccc(CC)c1NC(=O)C(C)N1CCCC(N(C)CC(=O)O)CC1. The first kappa shape index (κ1) is 22.4. The Labute approximate surface area is 168 Å². The van der Waals surface area contributed by atoms with Crippen molar-refractivity contribution in [3.8, 4) is 0 Å². The number of rotatable bonds is 8. The van der Waals surface area contributed by atoms with Gasteiger partial charge >= 0.3 is 5.97 Å². The van der Waals surface area contributed by atoms with Crippen molar-refractivity contribution in [2.75, 3.05) is 32.0 Å². The topological polar surface area (TPSA) is 72.9 Å².